The van der Waals surface area contributed by atoms with Gasteiger partial charge >= 0.3 is 0 Å². The van der Waals surface area contributed by atoms with Crippen LogP contribution in [0.25, 0.3) is 22.3 Å². The van der Waals surface area contributed by atoms with Crippen molar-refractivity contribution in [2.24, 2.45) is 5.92 Å². The Hall–Kier alpha value is -3.48. The van der Waals surface area contributed by atoms with E-state index in [1.165, 1.54) is 0 Å². The molecule has 0 radical (unpaired) electrons. The fraction of sp³-hybridized carbons (Fsp3) is 0.238. The van der Waals surface area contributed by atoms with Crippen molar-refractivity contribution in [3.05, 3.63) is 61.1 Å². The number of nitrogens with one attached hydrogen (secondary N) is 1. The third kappa shape index (κ3) is 3.64. The van der Waals surface area contributed by atoms with E-state index in [1.807, 2.05) is 53.4 Å². The van der Waals surface area contributed by atoms with Gasteiger partial charge in [0, 0.05) is 12.2 Å². The van der Waals surface area contributed by atoms with Gasteiger partial charge in [-0.3, -0.25) is 4.79 Å². The number of benzene rings is 2. The van der Waals surface area contributed by atoms with Gasteiger partial charge in [0.15, 0.2) is 0 Å². The molecule has 7 heteroatoms. The van der Waals surface area contributed by atoms with E-state index in [0.29, 0.717) is 12.5 Å². The zero-order valence-corrected chi connectivity index (χ0v) is 15.9. The first-order chi connectivity index (χ1) is 13.6. The van der Waals surface area contributed by atoms with Crippen LogP contribution in [-0.4, -0.2) is 37.4 Å². The summed E-state index contributed by atoms with van der Waals surface area (Å²) < 4.78 is 1.66. The second-order valence-electron chi connectivity index (χ2n) is 7.15. The summed E-state index contributed by atoms with van der Waals surface area (Å²) in [5, 5.41) is 8.28. The molecule has 0 saturated carbocycles. The number of aromatic nitrogens is 5. The minimum Gasteiger partial charge on any atom is -0.345 e. The summed E-state index contributed by atoms with van der Waals surface area (Å²) in [7, 11) is 0. The average Bonchev–Trinajstić information content (AvgIpc) is 3.37. The van der Waals surface area contributed by atoms with Crippen molar-refractivity contribution in [3.63, 3.8) is 0 Å². The molecule has 0 fully saturated rings. The summed E-state index contributed by atoms with van der Waals surface area (Å²) in [5.41, 5.74) is 4.48. The highest BCUT2D eigenvalue weighted by molar-refractivity contribution is 5.94. The molecule has 28 heavy (non-hydrogen) atoms. The molecule has 0 bridgehead atoms. The number of H-pyrrole nitrogens is 1. The molecule has 0 aliphatic carbocycles. The number of carbonyl (C=O) groups is 1. The Morgan fingerprint density at radius 3 is 2.64 bits per heavy atom. The number of carbonyl (C=O) groups excluding carboxylic acids is 1. The lowest BCUT2D eigenvalue weighted by Gasteiger charge is -2.25. The molecule has 142 valence electrons. The lowest BCUT2D eigenvalue weighted by atomic mass is 10.1. The summed E-state index contributed by atoms with van der Waals surface area (Å²) in [6, 6.07) is 15.6. The maximum atomic E-state index is 13.1. The SMILES string of the molecule is CC(C)CN(C(=O)Cn1nnc2ccccc21)c1ccc(-c2cnc[nH]2)cc1. The standard InChI is InChI=1S/C21H22N6O/c1-15(2)12-26(17-9-7-16(8-10-17)19-11-22-14-23-19)21(28)13-27-20-6-4-3-5-18(20)24-25-27/h3-11,14-15H,12-13H2,1-2H3,(H,22,23). The van der Waals surface area contributed by atoms with Crippen LogP contribution >= 0.6 is 0 Å². The molecule has 1 N–H and O–H groups in total. The first-order valence-electron chi connectivity index (χ1n) is 9.29. The van der Waals surface area contributed by atoms with E-state index in [-0.39, 0.29) is 12.5 Å². The van der Waals surface area contributed by atoms with Crippen molar-refractivity contribution in [2.75, 3.05) is 11.4 Å². The summed E-state index contributed by atoms with van der Waals surface area (Å²) >= 11 is 0. The zero-order valence-electron chi connectivity index (χ0n) is 15.9. The van der Waals surface area contributed by atoms with Gasteiger partial charge in [-0.15, -0.1) is 5.10 Å². The van der Waals surface area contributed by atoms with E-state index in [2.05, 4.69) is 34.1 Å². The first kappa shape index (κ1) is 17.9. The number of imidazole rings is 1. The molecule has 0 saturated heterocycles. The van der Waals surface area contributed by atoms with E-state index in [1.54, 1.807) is 17.2 Å². The Labute approximate surface area is 163 Å². The number of anilines is 1. The Balaban J connectivity index is 1.59. The van der Waals surface area contributed by atoms with E-state index in [4.69, 9.17) is 0 Å². The third-order valence-electron chi connectivity index (χ3n) is 4.54. The molecule has 1 amide bonds. The Morgan fingerprint density at radius 1 is 1.14 bits per heavy atom. The maximum absolute atomic E-state index is 13.1. The number of para-hydroxylation sites is 1. The van der Waals surface area contributed by atoms with Crippen LogP contribution in [-0.2, 0) is 11.3 Å². The fourth-order valence-corrected chi connectivity index (χ4v) is 3.20. The molecule has 2 aromatic carbocycles. The third-order valence-corrected chi connectivity index (χ3v) is 4.54. The summed E-state index contributed by atoms with van der Waals surface area (Å²) in [4.78, 5) is 22.1. The summed E-state index contributed by atoms with van der Waals surface area (Å²) in [6.45, 7) is 4.98. The molecule has 2 heterocycles. The van der Waals surface area contributed by atoms with Gasteiger partial charge in [0.05, 0.1) is 23.7 Å². The Kier molecular flexibility index (Phi) is 4.89. The second-order valence-corrected chi connectivity index (χ2v) is 7.15. The molecule has 4 rings (SSSR count). The minimum atomic E-state index is -0.0151. The van der Waals surface area contributed by atoms with Crippen LogP contribution in [0.4, 0.5) is 5.69 Å². The molecule has 0 unspecified atom stereocenters. The van der Waals surface area contributed by atoms with Gasteiger partial charge in [0.25, 0.3) is 0 Å². The predicted molar refractivity (Wildman–Crippen MR) is 109 cm³/mol. The van der Waals surface area contributed by atoms with Gasteiger partial charge in [-0.25, -0.2) is 9.67 Å². The van der Waals surface area contributed by atoms with Gasteiger partial charge < -0.3 is 9.88 Å². The molecule has 4 aromatic rings. The Bertz CT molecular complexity index is 1070. The number of amides is 1. The lowest BCUT2D eigenvalue weighted by molar-refractivity contribution is -0.119. The summed E-state index contributed by atoms with van der Waals surface area (Å²) in [5.74, 6) is 0.322. The van der Waals surface area contributed by atoms with Crippen LogP contribution in [0.2, 0.25) is 0 Å². The summed E-state index contributed by atoms with van der Waals surface area (Å²) in [6.07, 6.45) is 3.43. The van der Waals surface area contributed by atoms with E-state index < -0.39 is 0 Å². The normalized spacial score (nSPS) is 11.2. The van der Waals surface area contributed by atoms with Crippen molar-refractivity contribution in [2.45, 2.75) is 20.4 Å². The van der Waals surface area contributed by atoms with Gasteiger partial charge in [0.2, 0.25) is 5.91 Å². The number of nitrogens with zero attached hydrogens (tertiary/aromatic N) is 5. The van der Waals surface area contributed by atoms with Gasteiger partial charge in [-0.1, -0.05) is 43.3 Å². The number of hydrogen-bond donors (Lipinski definition) is 1. The average molecular weight is 374 g/mol. The predicted octanol–water partition coefficient (Wildman–Crippen LogP) is 3.51. The highest BCUT2D eigenvalue weighted by Gasteiger charge is 2.19. The lowest BCUT2D eigenvalue weighted by Crippen LogP contribution is -2.37. The van der Waals surface area contributed by atoms with Crippen LogP contribution in [0.15, 0.2) is 61.1 Å². The first-order valence-corrected chi connectivity index (χ1v) is 9.29. The quantitative estimate of drug-likeness (QED) is 0.560. The van der Waals surface area contributed by atoms with Crippen LogP contribution in [0.3, 0.4) is 0 Å². The molecule has 0 spiro atoms. The van der Waals surface area contributed by atoms with Crippen molar-refractivity contribution < 1.29 is 4.79 Å². The molecule has 2 aromatic heterocycles. The van der Waals surface area contributed by atoms with Gasteiger partial charge in [-0.05, 0) is 35.7 Å². The van der Waals surface area contributed by atoms with Crippen molar-refractivity contribution in [1.29, 1.82) is 0 Å². The highest BCUT2D eigenvalue weighted by Crippen LogP contribution is 2.23. The second kappa shape index (κ2) is 7.64. The molecular formula is C21H22N6O. The smallest absolute Gasteiger partial charge is 0.248 e. The van der Waals surface area contributed by atoms with Crippen LogP contribution < -0.4 is 4.90 Å². The van der Waals surface area contributed by atoms with E-state index >= 15 is 0 Å². The highest BCUT2D eigenvalue weighted by atomic mass is 16.2. The number of hydrogen-bond acceptors (Lipinski definition) is 4. The van der Waals surface area contributed by atoms with E-state index in [9.17, 15) is 4.79 Å². The largest absolute Gasteiger partial charge is 0.345 e. The molecule has 0 atom stereocenters. The topological polar surface area (TPSA) is 79.7 Å². The van der Waals surface area contributed by atoms with Crippen LogP contribution in [0.1, 0.15) is 13.8 Å². The maximum Gasteiger partial charge on any atom is 0.248 e. The van der Waals surface area contributed by atoms with Gasteiger partial charge in [0.1, 0.15) is 12.1 Å². The zero-order chi connectivity index (χ0) is 19.5. The number of rotatable bonds is 6. The van der Waals surface area contributed by atoms with Crippen molar-refractivity contribution >= 4 is 22.6 Å². The van der Waals surface area contributed by atoms with Crippen LogP contribution in [0.5, 0.6) is 0 Å². The fourth-order valence-electron chi connectivity index (χ4n) is 3.20. The van der Waals surface area contributed by atoms with E-state index in [0.717, 1.165) is 28.0 Å². The number of aromatic amines is 1. The van der Waals surface area contributed by atoms with Crippen molar-refractivity contribution in [1.82, 2.24) is 25.0 Å². The van der Waals surface area contributed by atoms with Crippen LogP contribution in [0, 0.1) is 5.92 Å². The molecule has 7 nitrogen and oxygen atoms in total. The number of fused-ring (bicyclic) bond motifs is 1. The Morgan fingerprint density at radius 2 is 1.93 bits per heavy atom. The monoisotopic (exact) mass is 374 g/mol. The minimum absolute atomic E-state index is 0.0151. The van der Waals surface area contributed by atoms with Crippen molar-refractivity contribution in [3.8, 4) is 11.3 Å². The molecular weight excluding hydrogens is 352 g/mol. The van der Waals surface area contributed by atoms with Gasteiger partial charge in [-0.2, -0.15) is 0 Å². The molecule has 0 aliphatic rings. The molecule has 0 aliphatic heterocycles.